The van der Waals surface area contributed by atoms with Gasteiger partial charge in [0.2, 0.25) is 0 Å². The van der Waals surface area contributed by atoms with E-state index in [0.29, 0.717) is 12.0 Å². The highest BCUT2D eigenvalue weighted by Crippen LogP contribution is 2.19. The van der Waals surface area contributed by atoms with Crippen LogP contribution in [0.25, 0.3) is 0 Å². The molecule has 8 heteroatoms. The van der Waals surface area contributed by atoms with Gasteiger partial charge >= 0.3 is 0 Å². The summed E-state index contributed by atoms with van der Waals surface area (Å²) in [4.78, 5) is 12.5. The summed E-state index contributed by atoms with van der Waals surface area (Å²) < 4.78 is 5.53. The van der Waals surface area contributed by atoms with Gasteiger partial charge in [-0.1, -0.05) is 26.7 Å². The zero-order valence-electron chi connectivity index (χ0n) is 16.5. The van der Waals surface area contributed by atoms with Crippen molar-refractivity contribution in [3.05, 3.63) is 16.1 Å². The number of aryl methyl sites for hydroxylation is 1. The summed E-state index contributed by atoms with van der Waals surface area (Å²) in [6, 6.07) is 0.516. The second-order valence-electron chi connectivity index (χ2n) is 6.46. The minimum Gasteiger partial charge on any atom is -0.379 e. The van der Waals surface area contributed by atoms with Crippen molar-refractivity contribution in [3.8, 4) is 0 Å². The van der Waals surface area contributed by atoms with E-state index >= 15 is 0 Å². The minimum atomic E-state index is 0. The van der Waals surface area contributed by atoms with Crippen molar-refractivity contribution < 1.29 is 4.74 Å². The molecule has 1 aliphatic rings. The van der Waals surface area contributed by atoms with Crippen molar-refractivity contribution in [3.63, 3.8) is 0 Å². The summed E-state index contributed by atoms with van der Waals surface area (Å²) in [5, 5.41) is 6.95. The Morgan fingerprint density at radius 2 is 2.00 bits per heavy atom. The third-order valence-electron chi connectivity index (χ3n) is 5.07. The first-order chi connectivity index (χ1) is 12.2. The van der Waals surface area contributed by atoms with E-state index in [-0.39, 0.29) is 24.0 Å². The van der Waals surface area contributed by atoms with Crippen molar-refractivity contribution >= 4 is 41.3 Å². The van der Waals surface area contributed by atoms with Gasteiger partial charge in [0.25, 0.3) is 0 Å². The molecule has 1 aliphatic heterocycles. The Bertz CT molecular complexity index is 529. The SMILES string of the molecule is CCC(CC)C(CNC(=NC)NCc1scnc1C)N1CCOCC1.I. The zero-order chi connectivity index (χ0) is 18.1. The Hall–Kier alpha value is -0.450. The van der Waals surface area contributed by atoms with Crippen molar-refractivity contribution in [2.24, 2.45) is 10.9 Å². The maximum atomic E-state index is 5.53. The number of nitrogens with zero attached hydrogens (tertiary/aromatic N) is 3. The molecule has 0 aliphatic carbocycles. The number of guanidine groups is 1. The number of rotatable bonds is 8. The van der Waals surface area contributed by atoms with E-state index in [1.54, 1.807) is 11.3 Å². The van der Waals surface area contributed by atoms with Crippen LogP contribution in [0.5, 0.6) is 0 Å². The van der Waals surface area contributed by atoms with Crippen LogP contribution in [-0.2, 0) is 11.3 Å². The van der Waals surface area contributed by atoms with Crippen molar-refractivity contribution in [2.75, 3.05) is 39.9 Å². The van der Waals surface area contributed by atoms with Crippen LogP contribution in [0.2, 0.25) is 0 Å². The Kier molecular flexibility index (Phi) is 11.7. The summed E-state index contributed by atoms with van der Waals surface area (Å²) in [5.41, 5.74) is 2.99. The lowest BCUT2D eigenvalue weighted by Crippen LogP contribution is -2.53. The van der Waals surface area contributed by atoms with Gasteiger partial charge < -0.3 is 15.4 Å². The van der Waals surface area contributed by atoms with Crippen LogP contribution in [-0.4, -0.2) is 61.8 Å². The lowest BCUT2D eigenvalue weighted by atomic mass is 9.92. The van der Waals surface area contributed by atoms with E-state index in [0.717, 1.165) is 51.0 Å². The molecular weight excluding hydrogens is 461 g/mol. The topological polar surface area (TPSA) is 61.8 Å². The van der Waals surface area contributed by atoms with Crippen molar-refractivity contribution in [1.29, 1.82) is 0 Å². The number of halogens is 1. The number of ether oxygens (including phenoxy) is 1. The van der Waals surface area contributed by atoms with Crippen LogP contribution in [0, 0.1) is 12.8 Å². The van der Waals surface area contributed by atoms with Crippen LogP contribution in [0.4, 0.5) is 0 Å². The predicted octanol–water partition coefficient (Wildman–Crippen LogP) is 2.87. The molecule has 1 aromatic rings. The number of morpholine rings is 1. The van der Waals surface area contributed by atoms with Gasteiger partial charge in [0.1, 0.15) is 0 Å². The summed E-state index contributed by atoms with van der Waals surface area (Å²) in [7, 11) is 1.83. The van der Waals surface area contributed by atoms with E-state index in [1.165, 1.54) is 17.7 Å². The van der Waals surface area contributed by atoms with Gasteiger partial charge in [-0.3, -0.25) is 9.89 Å². The highest BCUT2D eigenvalue weighted by Gasteiger charge is 2.27. The Labute approximate surface area is 179 Å². The second-order valence-corrected chi connectivity index (χ2v) is 7.40. The minimum absolute atomic E-state index is 0. The molecule has 0 radical (unpaired) electrons. The van der Waals surface area contributed by atoms with Crippen LogP contribution < -0.4 is 10.6 Å². The molecule has 1 unspecified atom stereocenters. The zero-order valence-corrected chi connectivity index (χ0v) is 19.6. The molecule has 2 heterocycles. The molecule has 26 heavy (non-hydrogen) atoms. The molecule has 0 spiro atoms. The molecule has 0 saturated carbocycles. The average Bonchev–Trinajstić information content (AvgIpc) is 3.06. The summed E-state index contributed by atoms with van der Waals surface area (Å²) in [6.45, 7) is 12.0. The van der Waals surface area contributed by atoms with Gasteiger partial charge in [0.15, 0.2) is 5.96 Å². The first kappa shape index (κ1) is 23.6. The molecule has 150 valence electrons. The number of thiazole rings is 1. The summed E-state index contributed by atoms with van der Waals surface area (Å²) in [6.07, 6.45) is 2.40. The third-order valence-corrected chi connectivity index (χ3v) is 6.01. The van der Waals surface area contributed by atoms with Gasteiger partial charge in [-0.2, -0.15) is 0 Å². The number of aliphatic imine (C=N–C) groups is 1. The number of nitrogens with one attached hydrogen (secondary N) is 2. The van der Waals surface area contributed by atoms with Crippen LogP contribution in [0.3, 0.4) is 0 Å². The molecule has 1 aromatic heterocycles. The fourth-order valence-electron chi connectivity index (χ4n) is 3.42. The first-order valence-electron chi connectivity index (χ1n) is 9.34. The van der Waals surface area contributed by atoms with Gasteiger partial charge in [-0.15, -0.1) is 35.3 Å². The summed E-state index contributed by atoms with van der Waals surface area (Å²) >= 11 is 1.68. The van der Waals surface area contributed by atoms with Gasteiger partial charge in [-0.25, -0.2) is 4.98 Å². The van der Waals surface area contributed by atoms with Crippen molar-refractivity contribution in [1.82, 2.24) is 20.5 Å². The summed E-state index contributed by atoms with van der Waals surface area (Å²) in [5.74, 6) is 1.55. The monoisotopic (exact) mass is 495 g/mol. The molecule has 6 nitrogen and oxygen atoms in total. The van der Waals surface area contributed by atoms with E-state index < -0.39 is 0 Å². The fourth-order valence-corrected chi connectivity index (χ4v) is 4.13. The molecule has 0 bridgehead atoms. The molecule has 1 fully saturated rings. The standard InChI is InChI=1S/C18H33N5OS.HI/c1-5-15(6-2)16(23-7-9-24-10-8-23)11-20-18(19-4)21-12-17-14(3)22-13-25-17;/h13,15-16H,5-12H2,1-4H3,(H2,19,20,21);1H. The van der Waals surface area contributed by atoms with Gasteiger partial charge in [0.05, 0.1) is 31.0 Å². The predicted molar refractivity (Wildman–Crippen MR) is 121 cm³/mol. The lowest BCUT2D eigenvalue weighted by molar-refractivity contribution is 0.00272. The maximum absolute atomic E-state index is 5.53. The first-order valence-corrected chi connectivity index (χ1v) is 10.2. The normalized spacial score (nSPS) is 17.0. The molecule has 0 aromatic carbocycles. The molecule has 2 N–H and O–H groups in total. The van der Waals surface area contributed by atoms with Gasteiger partial charge in [0, 0.05) is 37.6 Å². The molecule has 0 amide bonds. The van der Waals surface area contributed by atoms with Crippen LogP contribution in [0.15, 0.2) is 10.5 Å². The number of aromatic nitrogens is 1. The van der Waals surface area contributed by atoms with Gasteiger partial charge in [-0.05, 0) is 12.8 Å². The van der Waals surface area contributed by atoms with E-state index in [1.807, 2.05) is 19.5 Å². The quantitative estimate of drug-likeness (QED) is 0.330. The molecule has 2 rings (SSSR count). The smallest absolute Gasteiger partial charge is 0.191 e. The Morgan fingerprint density at radius 3 is 2.54 bits per heavy atom. The third kappa shape index (κ3) is 6.94. The number of hydrogen-bond donors (Lipinski definition) is 2. The largest absolute Gasteiger partial charge is 0.379 e. The van der Waals surface area contributed by atoms with E-state index in [2.05, 4.69) is 39.4 Å². The Balaban J connectivity index is 0.00000338. The van der Waals surface area contributed by atoms with Crippen molar-refractivity contribution in [2.45, 2.75) is 46.2 Å². The maximum Gasteiger partial charge on any atom is 0.191 e. The van der Waals surface area contributed by atoms with E-state index in [9.17, 15) is 0 Å². The second kappa shape index (κ2) is 12.9. The van der Waals surface area contributed by atoms with Crippen LogP contribution in [0.1, 0.15) is 37.3 Å². The van der Waals surface area contributed by atoms with E-state index in [4.69, 9.17) is 4.74 Å². The lowest BCUT2D eigenvalue weighted by Gasteiger charge is -2.39. The van der Waals surface area contributed by atoms with Crippen LogP contribution >= 0.6 is 35.3 Å². The molecule has 1 atom stereocenters. The highest BCUT2D eigenvalue weighted by atomic mass is 127. The average molecular weight is 495 g/mol. The molecular formula is C18H34IN5OS. The fraction of sp³-hybridized carbons (Fsp3) is 0.778. The molecule has 1 saturated heterocycles. The Morgan fingerprint density at radius 1 is 1.31 bits per heavy atom. The number of hydrogen-bond acceptors (Lipinski definition) is 5. The highest BCUT2D eigenvalue weighted by molar-refractivity contribution is 14.0.